The van der Waals surface area contributed by atoms with Gasteiger partial charge in [0.2, 0.25) is 0 Å². The topological polar surface area (TPSA) is 28.5 Å². The molecule has 5 heteroatoms. The molecule has 0 saturated carbocycles. The van der Waals surface area contributed by atoms with E-state index in [1.807, 2.05) is 44.5 Å². The highest BCUT2D eigenvalue weighted by atomic mass is 127. The number of benzene rings is 1. The van der Waals surface area contributed by atoms with E-state index >= 15 is 0 Å². The Morgan fingerprint density at radius 3 is 2.83 bits per heavy atom. The number of halogens is 2. The van der Waals surface area contributed by atoms with Gasteiger partial charge in [-0.15, -0.1) is 0 Å². The summed E-state index contributed by atoms with van der Waals surface area (Å²) in [6.45, 7) is 2.01. The molecule has 2 aromatic rings. The SMILES string of the molecule is Cc1nccc2c(N=CN(C)C)c(I)cc(Br)c12. The molecule has 0 N–H and O–H groups in total. The van der Waals surface area contributed by atoms with Gasteiger partial charge in [-0.3, -0.25) is 4.98 Å². The third kappa shape index (κ3) is 2.66. The van der Waals surface area contributed by atoms with Gasteiger partial charge < -0.3 is 4.90 Å². The fourth-order valence-corrected chi connectivity index (χ4v) is 3.65. The molecule has 0 aliphatic carbocycles. The second kappa shape index (κ2) is 5.52. The monoisotopic (exact) mass is 417 g/mol. The van der Waals surface area contributed by atoms with E-state index in [4.69, 9.17) is 0 Å². The zero-order valence-corrected chi connectivity index (χ0v) is 14.2. The van der Waals surface area contributed by atoms with Crippen LogP contribution in [0.3, 0.4) is 0 Å². The molecule has 0 aliphatic rings. The molecule has 2 rings (SSSR count). The van der Waals surface area contributed by atoms with Gasteiger partial charge in [-0.05, 0) is 41.6 Å². The maximum atomic E-state index is 4.56. The molecule has 0 bridgehead atoms. The quantitative estimate of drug-likeness (QED) is 0.417. The van der Waals surface area contributed by atoms with Crippen LogP contribution in [-0.4, -0.2) is 30.3 Å². The van der Waals surface area contributed by atoms with Crippen molar-refractivity contribution >= 4 is 61.3 Å². The van der Waals surface area contributed by atoms with Crippen molar-refractivity contribution in [3.8, 4) is 0 Å². The highest BCUT2D eigenvalue weighted by Gasteiger charge is 2.10. The molecule has 3 nitrogen and oxygen atoms in total. The molecule has 0 fully saturated rings. The summed E-state index contributed by atoms with van der Waals surface area (Å²) in [6, 6.07) is 4.09. The molecule has 0 radical (unpaired) electrons. The van der Waals surface area contributed by atoms with Gasteiger partial charge in [-0.1, -0.05) is 15.9 Å². The minimum atomic E-state index is 0.994. The summed E-state index contributed by atoms with van der Waals surface area (Å²) in [6.07, 6.45) is 3.65. The lowest BCUT2D eigenvalue weighted by Gasteiger charge is -2.10. The van der Waals surface area contributed by atoms with Crippen molar-refractivity contribution in [1.82, 2.24) is 9.88 Å². The first-order chi connectivity index (χ1) is 8.50. The summed E-state index contributed by atoms with van der Waals surface area (Å²) in [7, 11) is 3.93. The van der Waals surface area contributed by atoms with E-state index in [1.165, 1.54) is 0 Å². The van der Waals surface area contributed by atoms with E-state index in [1.54, 1.807) is 0 Å². The first-order valence-corrected chi connectivity index (χ1v) is 7.32. The molecule has 0 amide bonds. The number of pyridine rings is 1. The maximum Gasteiger partial charge on any atom is 0.0907 e. The molecule has 0 saturated heterocycles. The Hall–Kier alpha value is -0.690. The summed E-state index contributed by atoms with van der Waals surface area (Å²) in [5.74, 6) is 0. The van der Waals surface area contributed by atoms with Crippen LogP contribution in [0.4, 0.5) is 5.69 Å². The Labute approximate surface area is 129 Å². The van der Waals surface area contributed by atoms with Crippen molar-refractivity contribution in [2.75, 3.05) is 14.1 Å². The smallest absolute Gasteiger partial charge is 0.0907 e. The summed E-state index contributed by atoms with van der Waals surface area (Å²) >= 11 is 5.92. The van der Waals surface area contributed by atoms with Crippen LogP contribution < -0.4 is 0 Å². The standard InChI is InChI=1S/C13H13BrIN3/c1-8-12-9(4-5-16-8)13(17-7-18(2)3)11(15)6-10(12)14/h4-7H,1-3H3. The highest BCUT2D eigenvalue weighted by Crippen LogP contribution is 2.37. The average Bonchev–Trinajstić information content (AvgIpc) is 2.27. The number of fused-ring (bicyclic) bond motifs is 1. The summed E-state index contributed by atoms with van der Waals surface area (Å²) in [5.41, 5.74) is 2.00. The first-order valence-electron chi connectivity index (χ1n) is 5.44. The van der Waals surface area contributed by atoms with Crippen molar-refractivity contribution < 1.29 is 0 Å². The van der Waals surface area contributed by atoms with Crippen LogP contribution in [0.5, 0.6) is 0 Å². The van der Waals surface area contributed by atoms with Gasteiger partial charge in [0, 0.05) is 44.8 Å². The predicted molar refractivity (Wildman–Crippen MR) is 88.7 cm³/mol. The van der Waals surface area contributed by atoms with E-state index in [0.717, 1.165) is 30.2 Å². The Morgan fingerprint density at radius 1 is 1.44 bits per heavy atom. The van der Waals surface area contributed by atoms with E-state index in [-0.39, 0.29) is 0 Å². The fraction of sp³-hybridized carbons (Fsp3) is 0.231. The van der Waals surface area contributed by atoms with Crippen LogP contribution >= 0.6 is 38.5 Å². The molecule has 94 valence electrons. The summed E-state index contributed by atoms with van der Waals surface area (Å²) in [4.78, 5) is 10.8. The van der Waals surface area contributed by atoms with Crippen molar-refractivity contribution in [1.29, 1.82) is 0 Å². The van der Waals surface area contributed by atoms with Gasteiger partial charge >= 0.3 is 0 Å². The fourth-order valence-electron chi connectivity index (χ4n) is 1.75. The van der Waals surface area contributed by atoms with Crippen LogP contribution in [0.25, 0.3) is 10.8 Å². The van der Waals surface area contributed by atoms with Crippen LogP contribution in [-0.2, 0) is 0 Å². The third-order valence-electron chi connectivity index (χ3n) is 2.53. The number of aryl methyl sites for hydroxylation is 1. The van der Waals surface area contributed by atoms with Crippen molar-refractivity contribution in [3.05, 3.63) is 32.1 Å². The minimum absolute atomic E-state index is 0.994. The number of rotatable bonds is 2. The van der Waals surface area contributed by atoms with Crippen LogP contribution in [0.1, 0.15) is 5.69 Å². The van der Waals surface area contributed by atoms with E-state index < -0.39 is 0 Å². The molecule has 0 aliphatic heterocycles. The molecule has 1 heterocycles. The summed E-state index contributed by atoms with van der Waals surface area (Å²) in [5, 5.41) is 2.25. The van der Waals surface area contributed by atoms with Gasteiger partial charge in [0.1, 0.15) is 0 Å². The van der Waals surface area contributed by atoms with Gasteiger partial charge in [-0.2, -0.15) is 0 Å². The third-order valence-corrected chi connectivity index (χ3v) is 3.98. The molecule has 0 spiro atoms. The summed E-state index contributed by atoms with van der Waals surface area (Å²) < 4.78 is 2.19. The molecular weight excluding hydrogens is 405 g/mol. The predicted octanol–water partition coefficient (Wildman–Crippen LogP) is 4.13. The van der Waals surface area contributed by atoms with Crippen LogP contribution in [0.2, 0.25) is 0 Å². The number of aliphatic imine (C=N–C) groups is 1. The number of nitrogens with zero attached hydrogens (tertiary/aromatic N) is 3. The second-order valence-electron chi connectivity index (χ2n) is 4.22. The van der Waals surface area contributed by atoms with Crippen molar-refractivity contribution in [3.63, 3.8) is 0 Å². The lowest BCUT2D eigenvalue weighted by molar-refractivity contribution is 0.643. The van der Waals surface area contributed by atoms with Gasteiger partial charge in [0.25, 0.3) is 0 Å². The molecular formula is C13H13BrIN3. The Bertz CT molecular complexity index is 623. The van der Waals surface area contributed by atoms with Crippen molar-refractivity contribution in [2.24, 2.45) is 4.99 Å². The Balaban J connectivity index is 2.77. The minimum Gasteiger partial charge on any atom is -0.369 e. The molecule has 0 unspecified atom stereocenters. The van der Waals surface area contributed by atoms with Gasteiger partial charge in [-0.25, -0.2) is 4.99 Å². The lowest BCUT2D eigenvalue weighted by Crippen LogP contribution is -2.07. The molecule has 1 aromatic carbocycles. The molecule has 0 atom stereocenters. The normalized spacial score (nSPS) is 11.4. The molecule has 1 aromatic heterocycles. The zero-order valence-electron chi connectivity index (χ0n) is 10.4. The Kier molecular flexibility index (Phi) is 4.21. The molecule has 18 heavy (non-hydrogen) atoms. The lowest BCUT2D eigenvalue weighted by atomic mass is 10.1. The number of hydrogen-bond donors (Lipinski definition) is 0. The largest absolute Gasteiger partial charge is 0.369 e. The highest BCUT2D eigenvalue weighted by molar-refractivity contribution is 14.1. The zero-order chi connectivity index (χ0) is 13.3. The second-order valence-corrected chi connectivity index (χ2v) is 6.23. The van der Waals surface area contributed by atoms with E-state index in [0.29, 0.717) is 0 Å². The van der Waals surface area contributed by atoms with E-state index in [9.17, 15) is 0 Å². The Morgan fingerprint density at radius 2 is 2.17 bits per heavy atom. The number of aromatic nitrogens is 1. The van der Waals surface area contributed by atoms with Gasteiger partial charge in [0.15, 0.2) is 0 Å². The van der Waals surface area contributed by atoms with Crippen LogP contribution in [0, 0.1) is 10.5 Å². The van der Waals surface area contributed by atoms with Crippen LogP contribution in [0.15, 0.2) is 27.8 Å². The van der Waals surface area contributed by atoms with Gasteiger partial charge in [0.05, 0.1) is 12.0 Å². The average molecular weight is 418 g/mol. The van der Waals surface area contributed by atoms with E-state index in [2.05, 4.69) is 54.6 Å². The first kappa shape index (κ1) is 13.7. The van der Waals surface area contributed by atoms with Crippen molar-refractivity contribution in [2.45, 2.75) is 6.92 Å². The number of hydrogen-bond acceptors (Lipinski definition) is 2. The maximum absolute atomic E-state index is 4.56.